The number of ether oxygens (including phenoxy) is 1. The number of methoxy groups -OCH3 is 1. The summed E-state index contributed by atoms with van der Waals surface area (Å²) >= 11 is 0. The van der Waals surface area contributed by atoms with Gasteiger partial charge in [-0.1, -0.05) is 12.1 Å². The molecule has 3 nitrogen and oxygen atoms in total. The number of anilines is 1. The first-order valence-corrected chi connectivity index (χ1v) is 5.01. The Bertz CT molecular complexity index is 414. The van der Waals surface area contributed by atoms with E-state index in [1.54, 1.807) is 0 Å². The van der Waals surface area contributed by atoms with Crippen molar-refractivity contribution in [2.45, 2.75) is 25.8 Å². The third-order valence-electron chi connectivity index (χ3n) is 2.86. The SMILES string of the molecule is COC(=O)C1(C)Cc2ccc(C)cc2N1. The quantitative estimate of drug-likeness (QED) is 0.711. The van der Waals surface area contributed by atoms with E-state index in [-0.39, 0.29) is 5.97 Å². The second-order valence-electron chi connectivity index (χ2n) is 4.29. The summed E-state index contributed by atoms with van der Waals surface area (Å²) in [4.78, 5) is 11.6. The monoisotopic (exact) mass is 205 g/mol. The molecule has 0 saturated carbocycles. The van der Waals surface area contributed by atoms with E-state index in [2.05, 4.69) is 23.5 Å². The van der Waals surface area contributed by atoms with E-state index < -0.39 is 5.54 Å². The molecule has 0 saturated heterocycles. The van der Waals surface area contributed by atoms with Crippen LogP contribution in [0.2, 0.25) is 0 Å². The average Bonchev–Trinajstić information content (AvgIpc) is 2.53. The highest BCUT2D eigenvalue weighted by atomic mass is 16.5. The Hall–Kier alpha value is -1.51. The Morgan fingerprint density at radius 3 is 2.93 bits per heavy atom. The van der Waals surface area contributed by atoms with Gasteiger partial charge in [0.2, 0.25) is 0 Å². The van der Waals surface area contributed by atoms with Gasteiger partial charge in [-0.05, 0) is 31.0 Å². The molecule has 1 aromatic carbocycles. The summed E-state index contributed by atoms with van der Waals surface area (Å²) < 4.78 is 4.80. The molecular weight excluding hydrogens is 190 g/mol. The Labute approximate surface area is 89.4 Å². The first kappa shape index (κ1) is 10.0. The van der Waals surface area contributed by atoms with Gasteiger partial charge >= 0.3 is 5.97 Å². The molecule has 1 aromatic rings. The van der Waals surface area contributed by atoms with Crippen LogP contribution in [0.4, 0.5) is 5.69 Å². The van der Waals surface area contributed by atoms with Crippen LogP contribution in [0.25, 0.3) is 0 Å². The summed E-state index contributed by atoms with van der Waals surface area (Å²) in [5.74, 6) is -0.212. The van der Waals surface area contributed by atoms with E-state index in [9.17, 15) is 4.79 Å². The average molecular weight is 205 g/mol. The van der Waals surface area contributed by atoms with Gasteiger partial charge in [-0.2, -0.15) is 0 Å². The molecule has 0 aromatic heterocycles. The fraction of sp³-hybridized carbons (Fsp3) is 0.417. The molecule has 1 heterocycles. The number of aryl methyl sites for hydroxylation is 1. The highest BCUT2D eigenvalue weighted by molar-refractivity contribution is 5.87. The maximum absolute atomic E-state index is 11.6. The van der Waals surface area contributed by atoms with Crippen LogP contribution in [0.15, 0.2) is 18.2 Å². The van der Waals surface area contributed by atoms with Gasteiger partial charge in [0.1, 0.15) is 5.54 Å². The summed E-state index contributed by atoms with van der Waals surface area (Å²) in [6.45, 7) is 3.91. The third-order valence-corrected chi connectivity index (χ3v) is 2.86. The van der Waals surface area contributed by atoms with Crippen LogP contribution in [0, 0.1) is 6.92 Å². The minimum absolute atomic E-state index is 0.212. The van der Waals surface area contributed by atoms with Crippen molar-refractivity contribution in [3.63, 3.8) is 0 Å². The fourth-order valence-corrected chi connectivity index (χ4v) is 2.03. The number of carbonyl (C=O) groups excluding carboxylic acids is 1. The highest BCUT2D eigenvalue weighted by Gasteiger charge is 2.40. The normalized spacial score (nSPS) is 23.1. The van der Waals surface area contributed by atoms with E-state index in [1.165, 1.54) is 18.2 Å². The van der Waals surface area contributed by atoms with Gasteiger partial charge < -0.3 is 10.1 Å². The van der Waals surface area contributed by atoms with Crippen molar-refractivity contribution in [2.75, 3.05) is 12.4 Å². The van der Waals surface area contributed by atoms with Crippen molar-refractivity contribution in [1.82, 2.24) is 0 Å². The minimum atomic E-state index is -0.606. The second kappa shape index (κ2) is 3.26. The van der Waals surface area contributed by atoms with Crippen LogP contribution in [0.5, 0.6) is 0 Å². The molecule has 0 radical (unpaired) electrons. The fourth-order valence-electron chi connectivity index (χ4n) is 2.03. The van der Waals surface area contributed by atoms with Crippen molar-refractivity contribution in [1.29, 1.82) is 0 Å². The largest absolute Gasteiger partial charge is 0.467 e. The highest BCUT2D eigenvalue weighted by Crippen LogP contribution is 2.33. The Morgan fingerprint density at radius 2 is 2.27 bits per heavy atom. The molecular formula is C12H15NO2. The minimum Gasteiger partial charge on any atom is -0.467 e. The Balaban J connectivity index is 2.32. The summed E-state index contributed by atoms with van der Waals surface area (Å²) in [6, 6.07) is 6.18. The van der Waals surface area contributed by atoms with Crippen LogP contribution in [0.3, 0.4) is 0 Å². The molecule has 0 aliphatic carbocycles. The van der Waals surface area contributed by atoms with Crippen molar-refractivity contribution in [3.05, 3.63) is 29.3 Å². The van der Waals surface area contributed by atoms with Crippen molar-refractivity contribution >= 4 is 11.7 Å². The number of carbonyl (C=O) groups is 1. The Kier molecular flexibility index (Phi) is 2.18. The zero-order chi connectivity index (χ0) is 11.1. The van der Waals surface area contributed by atoms with E-state index in [0.717, 1.165) is 5.69 Å². The number of nitrogens with one attached hydrogen (secondary N) is 1. The molecule has 1 atom stereocenters. The van der Waals surface area contributed by atoms with Gasteiger partial charge in [-0.3, -0.25) is 0 Å². The van der Waals surface area contributed by atoms with Crippen LogP contribution in [0.1, 0.15) is 18.1 Å². The maximum atomic E-state index is 11.6. The predicted molar refractivity (Wildman–Crippen MR) is 58.9 cm³/mol. The third kappa shape index (κ3) is 1.58. The number of hydrogen-bond donors (Lipinski definition) is 1. The lowest BCUT2D eigenvalue weighted by Crippen LogP contribution is -2.42. The van der Waals surface area contributed by atoms with Crippen LogP contribution in [-0.4, -0.2) is 18.6 Å². The number of rotatable bonds is 1. The molecule has 1 aliphatic heterocycles. The predicted octanol–water partition coefficient (Wildman–Crippen LogP) is 1.89. The standard InChI is InChI=1S/C12H15NO2/c1-8-4-5-9-7-12(2,11(14)15-3)13-10(9)6-8/h4-6,13H,7H2,1-3H3. The summed E-state index contributed by atoms with van der Waals surface area (Å²) in [6.07, 6.45) is 0.690. The van der Waals surface area contributed by atoms with Crippen molar-refractivity contribution in [2.24, 2.45) is 0 Å². The smallest absolute Gasteiger partial charge is 0.331 e. The van der Waals surface area contributed by atoms with E-state index in [0.29, 0.717) is 6.42 Å². The molecule has 80 valence electrons. The molecule has 2 rings (SSSR count). The lowest BCUT2D eigenvalue weighted by molar-refractivity contribution is -0.145. The first-order valence-electron chi connectivity index (χ1n) is 5.01. The number of hydrogen-bond acceptors (Lipinski definition) is 3. The number of benzene rings is 1. The molecule has 15 heavy (non-hydrogen) atoms. The van der Waals surface area contributed by atoms with Gasteiger partial charge in [-0.15, -0.1) is 0 Å². The molecule has 0 amide bonds. The topological polar surface area (TPSA) is 38.3 Å². The molecule has 3 heteroatoms. The van der Waals surface area contributed by atoms with E-state index >= 15 is 0 Å². The second-order valence-corrected chi connectivity index (χ2v) is 4.29. The van der Waals surface area contributed by atoms with Gasteiger partial charge in [0.05, 0.1) is 7.11 Å². The van der Waals surface area contributed by atoms with E-state index in [1.807, 2.05) is 13.8 Å². The molecule has 1 N–H and O–H groups in total. The summed E-state index contributed by atoms with van der Waals surface area (Å²) in [5.41, 5.74) is 2.80. The van der Waals surface area contributed by atoms with Gasteiger partial charge in [0.25, 0.3) is 0 Å². The van der Waals surface area contributed by atoms with Crippen molar-refractivity contribution < 1.29 is 9.53 Å². The van der Waals surface area contributed by atoms with Gasteiger partial charge in [0.15, 0.2) is 0 Å². The van der Waals surface area contributed by atoms with Crippen LogP contribution >= 0.6 is 0 Å². The molecule has 0 fully saturated rings. The van der Waals surface area contributed by atoms with Crippen LogP contribution in [-0.2, 0) is 16.0 Å². The van der Waals surface area contributed by atoms with E-state index in [4.69, 9.17) is 4.74 Å². The molecule has 1 unspecified atom stereocenters. The summed E-state index contributed by atoms with van der Waals surface area (Å²) in [5, 5.41) is 3.23. The lowest BCUT2D eigenvalue weighted by Gasteiger charge is -2.21. The molecule has 0 bridgehead atoms. The maximum Gasteiger partial charge on any atom is 0.331 e. The number of fused-ring (bicyclic) bond motifs is 1. The lowest BCUT2D eigenvalue weighted by atomic mass is 9.98. The zero-order valence-corrected chi connectivity index (χ0v) is 9.26. The van der Waals surface area contributed by atoms with Gasteiger partial charge in [-0.25, -0.2) is 4.79 Å². The van der Waals surface area contributed by atoms with Gasteiger partial charge in [0, 0.05) is 12.1 Å². The zero-order valence-electron chi connectivity index (χ0n) is 9.26. The van der Waals surface area contributed by atoms with Crippen molar-refractivity contribution in [3.8, 4) is 0 Å². The molecule has 0 spiro atoms. The molecule has 1 aliphatic rings. The first-order chi connectivity index (χ1) is 7.05. The van der Waals surface area contributed by atoms with Crippen LogP contribution < -0.4 is 5.32 Å². The number of esters is 1. The Morgan fingerprint density at radius 1 is 1.53 bits per heavy atom. The summed E-state index contributed by atoms with van der Waals surface area (Å²) in [7, 11) is 1.42.